The van der Waals surface area contributed by atoms with Crippen molar-refractivity contribution < 1.29 is 5.21 Å². The summed E-state index contributed by atoms with van der Waals surface area (Å²) in [6.07, 6.45) is 0. The van der Waals surface area contributed by atoms with Gasteiger partial charge in [0.25, 0.3) is 0 Å². The van der Waals surface area contributed by atoms with Crippen LogP contribution in [0, 0.1) is 6.92 Å². The molecule has 0 aliphatic heterocycles. The molecule has 0 amide bonds. The zero-order valence-electron chi connectivity index (χ0n) is 13.5. The minimum atomic E-state index is 0.446. The summed E-state index contributed by atoms with van der Waals surface area (Å²) in [5, 5.41) is 17.4. The number of hydrogen-bond acceptors (Lipinski definition) is 3. The fourth-order valence-corrected chi connectivity index (χ4v) is 2.97. The molecule has 0 fully saturated rings. The lowest BCUT2D eigenvalue weighted by Gasteiger charge is -2.12. The number of rotatable bonds is 4. The average Bonchev–Trinajstić information content (AvgIpc) is 2.61. The lowest BCUT2D eigenvalue weighted by molar-refractivity contribution is 0.319. The Morgan fingerprint density at radius 3 is 2.20 bits per heavy atom. The zero-order chi connectivity index (χ0) is 17.8. The molecule has 0 saturated heterocycles. The normalized spacial score (nSPS) is 11.4. The highest BCUT2D eigenvalue weighted by Gasteiger charge is 2.14. The van der Waals surface area contributed by atoms with Gasteiger partial charge in [-0.1, -0.05) is 52.6 Å². The first-order chi connectivity index (χ1) is 12.1. The number of halogens is 2. The first kappa shape index (κ1) is 17.3. The Kier molecular flexibility index (Phi) is 5.27. The lowest BCUT2D eigenvalue weighted by atomic mass is 9.98. The van der Waals surface area contributed by atoms with Crippen molar-refractivity contribution in [1.29, 1.82) is 0 Å². The van der Waals surface area contributed by atoms with E-state index >= 15 is 0 Å². The lowest BCUT2D eigenvalue weighted by Crippen LogP contribution is -2.06. The summed E-state index contributed by atoms with van der Waals surface area (Å²) in [5.41, 5.74) is 4.70. The maximum absolute atomic E-state index is 9.51. The highest BCUT2D eigenvalue weighted by molar-refractivity contribution is 6.35. The van der Waals surface area contributed by atoms with Crippen molar-refractivity contribution in [2.75, 3.05) is 5.32 Å². The van der Waals surface area contributed by atoms with Crippen LogP contribution in [0.3, 0.4) is 0 Å². The van der Waals surface area contributed by atoms with Gasteiger partial charge in [-0.25, -0.2) is 0 Å². The Balaban J connectivity index is 1.91. The van der Waals surface area contributed by atoms with Crippen LogP contribution in [0.25, 0.3) is 0 Å². The number of oxime groups is 1. The van der Waals surface area contributed by atoms with Gasteiger partial charge in [0.05, 0.1) is 5.02 Å². The Hall–Kier alpha value is -2.49. The molecule has 0 saturated carbocycles. The Morgan fingerprint density at radius 2 is 1.56 bits per heavy atom. The van der Waals surface area contributed by atoms with Gasteiger partial charge in [-0.2, -0.15) is 0 Å². The third-order valence-corrected chi connectivity index (χ3v) is 4.42. The molecule has 25 heavy (non-hydrogen) atoms. The van der Waals surface area contributed by atoms with Crippen molar-refractivity contribution >= 4 is 40.3 Å². The quantitative estimate of drug-likeness (QED) is 0.322. The molecule has 0 unspecified atom stereocenters. The van der Waals surface area contributed by atoms with E-state index in [0.29, 0.717) is 21.3 Å². The number of benzene rings is 3. The number of nitrogens with zero attached hydrogens (tertiary/aromatic N) is 1. The largest absolute Gasteiger partial charge is 0.410 e. The van der Waals surface area contributed by atoms with Gasteiger partial charge in [0.2, 0.25) is 0 Å². The number of nitrogens with one attached hydrogen (secondary N) is 1. The van der Waals surface area contributed by atoms with Gasteiger partial charge >= 0.3 is 0 Å². The molecule has 3 aromatic rings. The van der Waals surface area contributed by atoms with Crippen molar-refractivity contribution in [3.05, 3.63) is 93.5 Å². The van der Waals surface area contributed by atoms with Gasteiger partial charge in [-0.05, 0) is 55.0 Å². The van der Waals surface area contributed by atoms with Crippen molar-refractivity contribution in [2.45, 2.75) is 6.92 Å². The highest BCUT2D eigenvalue weighted by atomic mass is 35.5. The summed E-state index contributed by atoms with van der Waals surface area (Å²) >= 11 is 12.3. The second-order valence-electron chi connectivity index (χ2n) is 5.59. The zero-order valence-corrected chi connectivity index (χ0v) is 15.0. The van der Waals surface area contributed by atoms with Gasteiger partial charge in [0.1, 0.15) is 5.71 Å². The molecule has 0 aliphatic rings. The van der Waals surface area contributed by atoms with Crippen LogP contribution in [0.5, 0.6) is 0 Å². The van der Waals surface area contributed by atoms with E-state index in [-0.39, 0.29) is 0 Å². The van der Waals surface area contributed by atoms with E-state index in [2.05, 4.69) is 10.5 Å². The Labute approximate surface area is 156 Å². The molecule has 3 nitrogen and oxygen atoms in total. The van der Waals surface area contributed by atoms with E-state index in [0.717, 1.165) is 22.5 Å². The van der Waals surface area contributed by atoms with E-state index in [4.69, 9.17) is 23.2 Å². The first-order valence-electron chi connectivity index (χ1n) is 7.69. The molecule has 0 aliphatic carbocycles. The molecule has 0 aromatic heterocycles. The predicted octanol–water partition coefficient (Wildman–Crippen LogP) is 6.27. The molecule has 0 bridgehead atoms. The number of anilines is 2. The van der Waals surface area contributed by atoms with Crippen LogP contribution < -0.4 is 5.32 Å². The average molecular weight is 371 g/mol. The topological polar surface area (TPSA) is 44.6 Å². The van der Waals surface area contributed by atoms with Gasteiger partial charge < -0.3 is 10.5 Å². The third kappa shape index (κ3) is 3.95. The molecule has 3 aromatic carbocycles. The van der Waals surface area contributed by atoms with E-state index in [1.807, 2.05) is 67.6 Å². The summed E-state index contributed by atoms with van der Waals surface area (Å²) in [6.45, 7) is 1.96. The molecule has 0 heterocycles. The van der Waals surface area contributed by atoms with Gasteiger partial charge in [-0.15, -0.1) is 0 Å². The smallest absolute Gasteiger partial charge is 0.118 e. The fourth-order valence-electron chi connectivity index (χ4n) is 2.58. The summed E-state index contributed by atoms with van der Waals surface area (Å²) in [4.78, 5) is 0. The standard InChI is InChI=1S/C20H16Cl2N2O/c1-13-4-2-3-5-17(13)20(24-25)18-11-10-16(12-19(18)22)23-15-8-6-14(21)7-9-15/h2-12,23,25H,1H3/b24-20-. The summed E-state index contributed by atoms with van der Waals surface area (Å²) < 4.78 is 0. The number of aryl methyl sites for hydroxylation is 1. The summed E-state index contributed by atoms with van der Waals surface area (Å²) in [7, 11) is 0. The maximum Gasteiger partial charge on any atom is 0.118 e. The van der Waals surface area contributed by atoms with Gasteiger partial charge in [-0.3, -0.25) is 0 Å². The van der Waals surface area contributed by atoms with Crippen LogP contribution in [0.1, 0.15) is 16.7 Å². The highest BCUT2D eigenvalue weighted by Crippen LogP contribution is 2.27. The molecule has 5 heteroatoms. The summed E-state index contributed by atoms with van der Waals surface area (Å²) in [5.74, 6) is 0. The van der Waals surface area contributed by atoms with Crippen LogP contribution >= 0.6 is 23.2 Å². The Morgan fingerprint density at radius 1 is 0.880 bits per heavy atom. The second kappa shape index (κ2) is 7.60. The van der Waals surface area contributed by atoms with Crippen LogP contribution in [0.4, 0.5) is 11.4 Å². The molecule has 0 spiro atoms. The minimum Gasteiger partial charge on any atom is -0.410 e. The number of hydrogen-bond donors (Lipinski definition) is 2. The molecule has 0 atom stereocenters. The van der Waals surface area contributed by atoms with E-state index < -0.39 is 0 Å². The van der Waals surface area contributed by atoms with Crippen molar-refractivity contribution in [1.82, 2.24) is 0 Å². The van der Waals surface area contributed by atoms with E-state index in [1.165, 1.54) is 0 Å². The monoisotopic (exact) mass is 370 g/mol. The Bertz CT molecular complexity index is 921. The minimum absolute atomic E-state index is 0.446. The van der Waals surface area contributed by atoms with Crippen LogP contribution in [-0.4, -0.2) is 10.9 Å². The molecular weight excluding hydrogens is 355 g/mol. The molecule has 126 valence electrons. The van der Waals surface area contributed by atoms with Crippen LogP contribution in [-0.2, 0) is 0 Å². The van der Waals surface area contributed by atoms with Crippen LogP contribution in [0.15, 0.2) is 71.9 Å². The van der Waals surface area contributed by atoms with E-state index in [1.54, 1.807) is 6.07 Å². The third-order valence-electron chi connectivity index (χ3n) is 3.86. The SMILES string of the molecule is Cc1ccccc1/C(=N/O)c1ccc(Nc2ccc(Cl)cc2)cc1Cl. The van der Waals surface area contributed by atoms with Gasteiger partial charge in [0, 0.05) is 27.5 Å². The maximum atomic E-state index is 9.51. The van der Waals surface area contributed by atoms with Crippen LogP contribution in [0.2, 0.25) is 10.0 Å². The molecule has 0 radical (unpaired) electrons. The predicted molar refractivity (Wildman–Crippen MR) is 105 cm³/mol. The molecular formula is C20H16Cl2N2O. The molecule has 3 rings (SSSR count). The summed E-state index contributed by atoms with van der Waals surface area (Å²) in [6, 6.07) is 20.6. The van der Waals surface area contributed by atoms with Crippen molar-refractivity contribution in [2.24, 2.45) is 5.16 Å². The van der Waals surface area contributed by atoms with Crippen molar-refractivity contribution in [3.63, 3.8) is 0 Å². The van der Waals surface area contributed by atoms with E-state index in [9.17, 15) is 5.21 Å². The van der Waals surface area contributed by atoms with Crippen molar-refractivity contribution in [3.8, 4) is 0 Å². The second-order valence-corrected chi connectivity index (χ2v) is 6.43. The first-order valence-corrected chi connectivity index (χ1v) is 8.44. The fraction of sp³-hybridized carbons (Fsp3) is 0.0500. The molecule has 2 N–H and O–H groups in total. The van der Waals surface area contributed by atoms with Gasteiger partial charge in [0.15, 0.2) is 0 Å².